The third-order valence-electron chi connectivity index (χ3n) is 9.00. The summed E-state index contributed by atoms with van der Waals surface area (Å²) in [6.45, 7) is 1.51. The van der Waals surface area contributed by atoms with Crippen LogP contribution in [0.15, 0.2) is 115 Å². The van der Waals surface area contributed by atoms with E-state index in [1.165, 1.54) is 0 Å². The van der Waals surface area contributed by atoms with Crippen molar-refractivity contribution >= 4 is 23.6 Å². The van der Waals surface area contributed by atoms with Gasteiger partial charge >= 0.3 is 12.2 Å². The van der Waals surface area contributed by atoms with Crippen LogP contribution in [-0.2, 0) is 35.7 Å². The average molecular weight is 792 g/mol. The maximum absolute atomic E-state index is 13.4. The quantitative estimate of drug-likeness (QED) is 0.0724. The number of rotatable bonds is 20. The first-order valence-corrected chi connectivity index (χ1v) is 18.9. The van der Waals surface area contributed by atoms with Gasteiger partial charge in [-0.1, -0.05) is 54.6 Å². The molecule has 0 spiro atoms. The maximum Gasteiger partial charge on any atom is 0.410 e. The van der Waals surface area contributed by atoms with E-state index in [2.05, 4.69) is 4.98 Å². The van der Waals surface area contributed by atoms with Gasteiger partial charge in [-0.3, -0.25) is 9.80 Å². The van der Waals surface area contributed by atoms with Gasteiger partial charge in [-0.15, -0.1) is 0 Å². The zero-order valence-corrected chi connectivity index (χ0v) is 34.1. The fourth-order valence-electron chi connectivity index (χ4n) is 5.88. The van der Waals surface area contributed by atoms with Crippen LogP contribution in [0.4, 0.5) is 21.0 Å². The number of aromatic nitrogens is 1. The normalized spacial score (nSPS) is 10.6. The molecule has 0 fully saturated rings. The molecule has 58 heavy (non-hydrogen) atoms. The van der Waals surface area contributed by atoms with Crippen molar-refractivity contribution in [2.75, 3.05) is 78.6 Å². The van der Waals surface area contributed by atoms with Crippen LogP contribution in [0.2, 0.25) is 0 Å². The predicted molar refractivity (Wildman–Crippen MR) is 224 cm³/mol. The highest BCUT2D eigenvalue weighted by Crippen LogP contribution is 2.21. The summed E-state index contributed by atoms with van der Waals surface area (Å²) in [6.07, 6.45) is -0.959. The number of benzene rings is 4. The molecule has 0 saturated carbocycles. The zero-order chi connectivity index (χ0) is 41.3. The summed E-state index contributed by atoms with van der Waals surface area (Å²) < 4.78 is 33.6. The van der Waals surface area contributed by atoms with Crippen molar-refractivity contribution in [3.05, 3.63) is 138 Å². The van der Waals surface area contributed by atoms with Crippen LogP contribution in [0.3, 0.4) is 0 Å². The highest BCUT2D eigenvalue weighted by molar-refractivity contribution is 5.68. The number of ether oxygens (including phenoxy) is 6. The fraction of sp³-hybridized carbons (Fsp3) is 0.311. The van der Waals surface area contributed by atoms with Crippen LogP contribution >= 0.6 is 0 Å². The maximum atomic E-state index is 13.4. The third kappa shape index (κ3) is 13.2. The minimum Gasteiger partial charge on any atom is -0.497 e. The smallest absolute Gasteiger partial charge is 0.410 e. The second-order valence-electron chi connectivity index (χ2n) is 13.8. The lowest BCUT2D eigenvalue weighted by atomic mass is 10.1. The summed E-state index contributed by atoms with van der Waals surface area (Å²) in [7, 11) is 11.1. The molecule has 0 aliphatic heterocycles. The average Bonchev–Trinajstić information content (AvgIpc) is 3.24. The molecule has 0 aliphatic rings. The second kappa shape index (κ2) is 21.6. The number of pyridine rings is 1. The molecule has 1 aromatic heterocycles. The SMILES string of the molecule is COc1cccc(CN(Cc2ccc(N(C)C)cc2)C(=O)OCCOc2cccc(OCCOC(=O)N(Cc3ccc(N(C)C)cc3)Cc3cccc(OC)c3)n2)c1. The lowest BCUT2D eigenvalue weighted by molar-refractivity contribution is 0.0813. The standard InChI is InChI=1S/C45H53N5O8/c1-47(2)38-20-16-34(17-21-38)30-49(32-36-10-7-12-40(28-36)53-5)44(51)57-26-24-55-42-14-9-15-43(46-42)56-25-27-58-45(52)50(33-37-11-8-13-41(29-37)54-6)31-35-18-22-39(23-19-35)48(3)4/h7-23,28-29H,24-27,30-33H2,1-6H3. The van der Waals surface area contributed by atoms with Gasteiger partial charge < -0.3 is 38.2 Å². The molecule has 0 N–H and O–H groups in total. The molecule has 0 unspecified atom stereocenters. The van der Waals surface area contributed by atoms with Crippen molar-refractivity contribution in [2.45, 2.75) is 26.2 Å². The number of hydrogen-bond acceptors (Lipinski definition) is 11. The van der Waals surface area contributed by atoms with Gasteiger partial charge in [0, 0.05) is 77.9 Å². The molecule has 0 saturated heterocycles. The number of anilines is 2. The Morgan fingerprint density at radius 2 is 0.862 bits per heavy atom. The molecule has 13 heteroatoms. The van der Waals surface area contributed by atoms with Gasteiger partial charge in [0.05, 0.1) is 14.2 Å². The first-order valence-electron chi connectivity index (χ1n) is 18.9. The van der Waals surface area contributed by atoms with Crippen LogP contribution < -0.4 is 28.7 Å². The van der Waals surface area contributed by atoms with Crippen molar-refractivity contribution in [3.8, 4) is 23.3 Å². The topological polar surface area (TPSA) is 115 Å². The molecule has 0 aliphatic carbocycles. The monoisotopic (exact) mass is 791 g/mol. The summed E-state index contributed by atoms with van der Waals surface area (Å²) in [5.74, 6) is 2.01. The van der Waals surface area contributed by atoms with E-state index < -0.39 is 12.2 Å². The van der Waals surface area contributed by atoms with E-state index in [-0.39, 0.29) is 26.4 Å². The zero-order valence-electron chi connectivity index (χ0n) is 34.1. The van der Waals surface area contributed by atoms with E-state index in [4.69, 9.17) is 28.4 Å². The predicted octanol–water partition coefficient (Wildman–Crippen LogP) is 7.67. The van der Waals surface area contributed by atoms with Gasteiger partial charge in [-0.2, -0.15) is 4.98 Å². The summed E-state index contributed by atoms with van der Waals surface area (Å²) >= 11 is 0. The molecular weight excluding hydrogens is 739 g/mol. The molecule has 4 aromatic carbocycles. The van der Waals surface area contributed by atoms with Gasteiger partial charge in [0.15, 0.2) is 0 Å². The van der Waals surface area contributed by atoms with Crippen LogP contribution in [0.1, 0.15) is 22.3 Å². The number of carbonyl (C=O) groups is 2. The van der Waals surface area contributed by atoms with Crippen molar-refractivity contribution in [2.24, 2.45) is 0 Å². The highest BCUT2D eigenvalue weighted by Gasteiger charge is 2.19. The minimum absolute atomic E-state index is 0.00177. The van der Waals surface area contributed by atoms with Gasteiger partial charge in [0.2, 0.25) is 11.8 Å². The lowest BCUT2D eigenvalue weighted by Gasteiger charge is -2.23. The molecule has 2 amide bonds. The molecule has 306 valence electrons. The number of carbonyl (C=O) groups excluding carboxylic acids is 2. The van der Waals surface area contributed by atoms with Crippen LogP contribution in [0, 0.1) is 0 Å². The van der Waals surface area contributed by atoms with E-state index in [0.717, 1.165) is 33.6 Å². The Kier molecular flexibility index (Phi) is 15.8. The van der Waals surface area contributed by atoms with Crippen molar-refractivity contribution < 1.29 is 38.0 Å². The summed E-state index contributed by atoms with van der Waals surface area (Å²) in [5, 5.41) is 0. The fourth-order valence-corrected chi connectivity index (χ4v) is 5.88. The van der Waals surface area contributed by atoms with Crippen LogP contribution in [-0.4, -0.2) is 95.8 Å². The lowest BCUT2D eigenvalue weighted by Crippen LogP contribution is -2.32. The molecule has 5 aromatic rings. The Balaban J connectivity index is 1.11. The van der Waals surface area contributed by atoms with Gasteiger partial charge in [-0.05, 0) is 70.8 Å². The molecule has 0 bridgehead atoms. The Hall–Kier alpha value is -6.63. The Morgan fingerprint density at radius 1 is 0.483 bits per heavy atom. The van der Waals surface area contributed by atoms with E-state index in [1.807, 2.05) is 135 Å². The molecule has 13 nitrogen and oxygen atoms in total. The van der Waals surface area contributed by atoms with Gasteiger partial charge in [-0.25, -0.2) is 9.59 Å². The van der Waals surface area contributed by atoms with Crippen molar-refractivity contribution in [3.63, 3.8) is 0 Å². The largest absolute Gasteiger partial charge is 0.497 e. The van der Waals surface area contributed by atoms with Gasteiger partial charge in [0.25, 0.3) is 0 Å². The first-order chi connectivity index (χ1) is 28.1. The Labute approximate surface area is 341 Å². The first kappa shape index (κ1) is 42.5. The third-order valence-corrected chi connectivity index (χ3v) is 9.00. The molecule has 0 radical (unpaired) electrons. The number of nitrogens with zero attached hydrogens (tertiary/aromatic N) is 5. The molecular formula is C45H53N5O8. The van der Waals surface area contributed by atoms with Gasteiger partial charge in [0.1, 0.15) is 37.9 Å². The molecule has 0 atom stereocenters. The Morgan fingerprint density at radius 3 is 1.24 bits per heavy atom. The number of amides is 2. The van der Waals surface area contributed by atoms with E-state index in [9.17, 15) is 9.59 Å². The van der Waals surface area contributed by atoms with Crippen LogP contribution in [0.5, 0.6) is 23.3 Å². The van der Waals surface area contributed by atoms with E-state index in [0.29, 0.717) is 49.4 Å². The second-order valence-corrected chi connectivity index (χ2v) is 13.8. The molecule has 5 rings (SSSR count). The van der Waals surface area contributed by atoms with Crippen LogP contribution in [0.25, 0.3) is 0 Å². The van der Waals surface area contributed by atoms with Crippen molar-refractivity contribution in [1.82, 2.24) is 14.8 Å². The number of methoxy groups -OCH3 is 2. The highest BCUT2D eigenvalue weighted by atomic mass is 16.6. The summed E-state index contributed by atoms with van der Waals surface area (Å²) in [6, 6.07) is 36.4. The summed E-state index contributed by atoms with van der Waals surface area (Å²) in [5.41, 5.74) is 5.88. The number of hydrogen-bond donors (Lipinski definition) is 0. The van der Waals surface area contributed by atoms with E-state index in [1.54, 1.807) is 42.2 Å². The minimum atomic E-state index is -0.480. The van der Waals surface area contributed by atoms with Crippen molar-refractivity contribution in [1.29, 1.82) is 0 Å². The summed E-state index contributed by atoms with van der Waals surface area (Å²) in [4.78, 5) is 38.4. The Bertz CT molecular complexity index is 1900. The van der Waals surface area contributed by atoms with E-state index >= 15 is 0 Å². The molecule has 1 heterocycles.